The van der Waals surface area contributed by atoms with Gasteiger partial charge in [-0.3, -0.25) is 4.79 Å². The molecule has 0 radical (unpaired) electrons. The Morgan fingerprint density at radius 3 is 2.80 bits per heavy atom. The molecule has 1 aliphatic heterocycles. The first kappa shape index (κ1) is 23.2. The lowest BCUT2D eigenvalue weighted by Gasteiger charge is -2.16. The van der Waals surface area contributed by atoms with Gasteiger partial charge in [-0.1, -0.05) is 6.07 Å². The van der Waals surface area contributed by atoms with E-state index in [9.17, 15) is 13.2 Å². The van der Waals surface area contributed by atoms with Gasteiger partial charge >= 0.3 is 0 Å². The summed E-state index contributed by atoms with van der Waals surface area (Å²) in [6.07, 6.45) is 6.91. The number of aromatic nitrogens is 2. The number of fused-ring (bicyclic) bond motifs is 1. The fourth-order valence-corrected chi connectivity index (χ4v) is 5.06. The highest BCUT2D eigenvalue weighted by atomic mass is 32.2. The zero-order chi connectivity index (χ0) is 24.6. The van der Waals surface area contributed by atoms with Gasteiger partial charge in [-0.15, -0.1) is 0 Å². The third-order valence-electron chi connectivity index (χ3n) is 6.21. The number of hydrogen-bond acceptors (Lipinski definition) is 6. The van der Waals surface area contributed by atoms with E-state index in [0.29, 0.717) is 33.5 Å². The number of aryl methyl sites for hydroxylation is 1. The minimum Gasteiger partial charge on any atom is -0.457 e. The van der Waals surface area contributed by atoms with Gasteiger partial charge in [-0.05, 0) is 49.2 Å². The molecule has 0 aliphatic carbocycles. The SMILES string of the molecule is Cn1ccc2c(-c3cc(S(C)(=O)=O)ccc3Oc3cccc(NCC4CCCO4)c3)c[nH]c(=O)c21. The van der Waals surface area contributed by atoms with Gasteiger partial charge < -0.3 is 24.3 Å². The summed E-state index contributed by atoms with van der Waals surface area (Å²) < 4.78 is 38.3. The van der Waals surface area contributed by atoms with Crippen molar-refractivity contribution in [2.24, 2.45) is 7.05 Å². The van der Waals surface area contributed by atoms with Gasteiger partial charge in [0.2, 0.25) is 0 Å². The Bertz CT molecular complexity index is 1550. The van der Waals surface area contributed by atoms with E-state index >= 15 is 0 Å². The predicted octanol–water partition coefficient (Wildman–Crippen LogP) is 4.32. The van der Waals surface area contributed by atoms with Crippen LogP contribution in [-0.4, -0.2) is 43.5 Å². The molecule has 8 nitrogen and oxygen atoms in total. The average molecular weight is 494 g/mol. The molecule has 9 heteroatoms. The van der Waals surface area contributed by atoms with Crippen molar-refractivity contribution in [2.45, 2.75) is 23.8 Å². The molecule has 0 bridgehead atoms. The summed E-state index contributed by atoms with van der Waals surface area (Å²) in [7, 11) is -1.66. The minimum atomic E-state index is -3.46. The van der Waals surface area contributed by atoms with Crippen molar-refractivity contribution in [3.05, 3.63) is 71.3 Å². The van der Waals surface area contributed by atoms with Crippen LogP contribution in [0.4, 0.5) is 5.69 Å². The molecule has 2 aromatic heterocycles. The summed E-state index contributed by atoms with van der Waals surface area (Å²) in [5.74, 6) is 1.08. The van der Waals surface area contributed by atoms with E-state index in [1.807, 2.05) is 30.3 Å². The van der Waals surface area contributed by atoms with Gasteiger partial charge in [-0.2, -0.15) is 0 Å². The highest BCUT2D eigenvalue weighted by Crippen LogP contribution is 2.38. The molecule has 2 N–H and O–H groups in total. The third-order valence-corrected chi connectivity index (χ3v) is 7.32. The van der Waals surface area contributed by atoms with Crippen molar-refractivity contribution in [3.63, 3.8) is 0 Å². The Morgan fingerprint density at radius 1 is 1.17 bits per heavy atom. The average Bonchev–Trinajstić information content (AvgIpc) is 3.49. The Hall–Kier alpha value is -3.56. The number of hydrogen-bond donors (Lipinski definition) is 2. The zero-order valence-corrected chi connectivity index (χ0v) is 20.4. The van der Waals surface area contributed by atoms with E-state index in [4.69, 9.17) is 9.47 Å². The van der Waals surface area contributed by atoms with E-state index in [2.05, 4.69) is 10.3 Å². The topological polar surface area (TPSA) is 102 Å². The van der Waals surface area contributed by atoms with Crippen molar-refractivity contribution in [1.82, 2.24) is 9.55 Å². The van der Waals surface area contributed by atoms with Crippen LogP contribution < -0.4 is 15.6 Å². The predicted molar refractivity (Wildman–Crippen MR) is 136 cm³/mol. The fourth-order valence-electron chi connectivity index (χ4n) is 4.41. The number of H-pyrrole nitrogens is 1. The largest absolute Gasteiger partial charge is 0.457 e. The molecule has 1 aliphatic rings. The molecule has 0 spiro atoms. The number of pyridine rings is 1. The van der Waals surface area contributed by atoms with Crippen LogP contribution >= 0.6 is 0 Å². The molecule has 3 heterocycles. The normalized spacial score (nSPS) is 16.0. The van der Waals surface area contributed by atoms with E-state index in [1.165, 1.54) is 12.3 Å². The number of ether oxygens (including phenoxy) is 2. The number of sulfone groups is 1. The Balaban J connectivity index is 1.54. The van der Waals surface area contributed by atoms with Crippen LogP contribution in [0.2, 0.25) is 0 Å². The van der Waals surface area contributed by atoms with Crippen LogP contribution in [0.5, 0.6) is 11.5 Å². The van der Waals surface area contributed by atoms with E-state index in [0.717, 1.165) is 31.7 Å². The van der Waals surface area contributed by atoms with Gasteiger partial charge in [0.25, 0.3) is 5.56 Å². The van der Waals surface area contributed by atoms with Gasteiger partial charge in [-0.25, -0.2) is 8.42 Å². The molecule has 5 rings (SSSR count). The molecule has 1 fully saturated rings. The number of benzene rings is 2. The second-order valence-electron chi connectivity index (χ2n) is 8.80. The molecule has 2 aromatic carbocycles. The lowest BCUT2D eigenvalue weighted by Crippen LogP contribution is -2.18. The smallest absolute Gasteiger partial charge is 0.272 e. The third kappa shape index (κ3) is 4.82. The molecule has 1 saturated heterocycles. The molecule has 1 unspecified atom stereocenters. The lowest BCUT2D eigenvalue weighted by molar-refractivity contribution is 0.120. The Labute approximate surface area is 203 Å². The van der Waals surface area contributed by atoms with E-state index in [1.54, 1.807) is 36.1 Å². The lowest BCUT2D eigenvalue weighted by atomic mass is 10.0. The maximum absolute atomic E-state index is 12.4. The summed E-state index contributed by atoms with van der Waals surface area (Å²) in [4.78, 5) is 15.4. The van der Waals surface area contributed by atoms with Gasteiger partial charge in [0.05, 0.1) is 11.0 Å². The van der Waals surface area contributed by atoms with E-state index in [-0.39, 0.29) is 16.6 Å². The second kappa shape index (κ2) is 9.24. The number of nitrogens with one attached hydrogen (secondary N) is 2. The first-order chi connectivity index (χ1) is 16.8. The molecule has 182 valence electrons. The van der Waals surface area contributed by atoms with Crippen molar-refractivity contribution in [3.8, 4) is 22.6 Å². The summed E-state index contributed by atoms with van der Waals surface area (Å²) in [6.45, 7) is 1.53. The summed E-state index contributed by atoms with van der Waals surface area (Å²) in [5.41, 5.74) is 2.43. The zero-order valence-electron chi connectivity index (χ0n) is 19.6. The summed E-state index contributed by atoms with van der Waals surface area (Å²) in [6, 6.07) is 14.2. The van der Waals surface area contributed by atoms with Crippen LogP contribution in [0.25, 0.3) is 22.0 Å². The summed E-state index contributed by atoms with van der Waals surface area (Å²) >= 11 is 0. The van der Waals surface area contributed by atoms with Gasteiger partial charge in [0.15, 0.2) is 9.84 Å². The monoisotopic (exact) mass is 493 g/mol. The quantitative estimate of drug-likeness (QED) is 0.398. The second-order valence-corrected chi connectivity index (χ2v) is 10.8. The number of anilines is 1. The Morgan fingerprint density at radius 2 is 2.03 bits per heavy atom. The molecule has 35 heavy (non-hydrogen) atoms. The maximum Gasteiger partial charge on any atom is 0.272 e. The molecule has 4 aromatic rings. The number of rotatable bonds is 7. The van der Waals surface area contributed by atoms with Crippen LogP contribution in [0.15, 0.2) is 70.6 Å². The van der Waals surface area contributed by atoms with Crippen molar-refractivity contribution >= 4 is 26.4 Å². The number of nitrogens with zero attached hydrogens (tertiary/aromatic N) is 1. The van der Waals surface area contributed by atoms with Crippen LogP contribution in [0.1, 0.15) is 12.8 Å². The minimum absolute atomic E-state index is 0.169. The van der Waals surface area contributed by atoms with E-state index < -0.39 is 9.84 Å². The van der Waals surface area contributed by atoms with Crippen LogP contribution in [0, 0.1) is 0 Å². The highest BCUT2D eigenvalue weighted by molar-refractivity contribution is 7.90. The fraction of sp³-hybridized carbons (Fsp3) is 0.269. The van der Waals surface area contributed by atoms with Crippen LogP contribution in [-0.2, 0) is 21.6 Å². The van der Waals surface area contributed by atoms with Crippen molar-refractivity contribution in [2.75, 3.05) is 24.7 Å². The molecular weight excluding hydrogens is 466 g/mol. The van der Waals surface area contributed by atoms with Crippen LogP contribution in [0.3, 0.4) is 0 Å². The maximum atomic E-state index is 12.4. The van der Waals surface area contributed by atoms with Gasteiger partial charge in [0, 0.05) is 67.1 Å². The van der Waals surface area contributed by atoms with Gasteiger partial charge in [0.1, 0.15) is 17.0 Å². The summed E-state index contributed by atoms with van der Waals surface area (Å²) in [5, 5.41) is 4.10. The highest BCUT2D eigenvalue weighted by Gasteiger charge is 2.19. The van der Waals surface area contributed by atoms with Crippen molar-refractivity contribution in [1.29, 1.82) is 0 Å². The molecule has 0 saturated carbocycles. The molecule has 0 amide bonds. The van der Waals surface area contributed by atoms with Crippen molar-refractivity contribution < 1.29 is 17.9 Å². The standard InChI is InChI=1S/C26H27N3O5S/c1-29-11-10-21-23(16-28-26(30)25(21)29)22-14-20(35(2,31)32)8-9-24(22)34-18-6-3-5-17(13-18)27-15-19-7-4-12-33-19/h3,5-6,8-11,13-14,16,19,27H,4,7,12,15H2,1-2H3,(H,28,30). The molecule has 1 atom stereocenters. The molecular formula is C26H27N3O5S. The number of aromatic amines is 1. The first-order valence-corrected chi connectivity index (χ1v) is 13.3. The first-order valence-electron chi connectivity index (χ1n) is 11.4. The Kier molecular flexibility index (Phi) is 6.12.